The van der Waals surface area contributed by atoms with E-state index < -0.39 is 0 Å². The summed E-state index contributed by atoms with van der Waals surface area (Å²) in [5, 5.41) is 0. The van der Waals surface area contributed by atoms with Crippen LogP contribution in [0, 0.1) is 5.92 Å². The smallest absolute Gasteiger partial charge is 0.209 e. The van der Waals surface area contributed by atoms with Gasteiger partial charge in [-0.2, -0.15) is 4.58 Å². The normalized spacial score (nSPS) is 21.6. The minimum Gasteiger partial charge on any atom is -0.344 e. The fourth-order valence-electron chi connectivity index (χ4n) is 7.52. The van der Waals surface area contributed by atoms with Gasteiger partial charge >= 0.3 is 0 Å². The molecule has 0 fully saturated rings. The fourth-order valence-corrected chi connectivity index (χ4v) is 7.52. The van der Waals surface area contributed by atoms with Crippen LogP contribution in [0.15, 0.2) is 95.8 Å². The highest BCUT2D eigenvalue weighted by Gasteiger charge is 2.42. The Bertz CT molecular complexity index is 1460. The Hall–Kier alpha value is -3.13. The molecule has 0 saturated carbocycles. The third-order valence-electron chi connectivity index (χ3n) is 10.5. The number of unbranched alkanes of at least 4 members (excludes halogenated alkanes) is 3. The Morgan fingerprint density at radius 1 is 0.837 bits per heavy atom. The second-order valence-corrected chi connectivity index (χ2v) is 14.3. The van der Waals surface area contributed by atoms with Gasteiger partial charge in [-0.05, 0) is 74.3 Å². The molecule has 1 aliphatic carbocycles. The Labute approximate surface area is 262 Å². The summed E-state index contributed by atoms with van der Waals surface area (Å²) >= 11 is 0. The Balaban J connectivity index is 1.33. The summed E-state index contributed by atoms with van der Waals surface area (Å²) in [5.74, 6) is 0.866. The van der Waals surface area contributed by atoms with Gasteiger partial charge in [0.1, 0.15) is 7.05 Å². The van der Waals surface area contributed by atoms with Gasteiger partial charge < -0.3 is 4.90 Å². The van der Waals surface area contributed by atoms with Crippen molar-refractivity contribution >= 4 is 17.1 Å². The number of anilines is 1. The first-order valence-corrected chi connectivity index (χ1v) is 17.0. The first kappa shape index (κ1) is 31.3. The van der Waals surface area contributed by atoms with Crippen molar-refractivity contribution in [2.45, 2.75) is 110 Å². The molecular formula is C41H55N2+. The van der Waals surface area contributed by atoms with Gasteiger partial charge in [-0.25, -0.2) is 0 Å². The number of rotatable bonds is 11. The maximum atomic E-state index is 2.63. The van der Waals surface area contributed by atoms with Crippen LogP contribution in [0.5, 0.6) is 0 Å². The zero-order valence-corrected chi connectivity index (χ0v) is 28.0. The van der Waals surface area contributed by atoms with Crippen LogP contribution in [0.2, 0.25) is 0 Å². The van der Waals surface area contributed by atoms with Gasteiger partial charge in [0.25, 0.3) is 0 Å². The zero-order chi connectivity index (χ0) is 30.6. The van der Waals surface area contributed by atoms with Crippen LogP contribution in [0.4, 0.5) is 11.4 Å². The molecule has 3 aliphatic rings. The number of hydrogen-bond donors (Lipinski definition) is 0. The maximum absolute atomic E-state index is 2.63. The predicted molar refractivity (Wildman–Crippen MR) is 187 cm³/mol. The van der Waals surface area contributed by atoms with Gasteiger partial charge in [0.05, 0.1) is 5.41 Å². The lowest BCUT2D eigenvalue weighted by molar-refractivity contribution is -0.401. The molecule has 1 atom stereocenters. The van der Waals surface area contributed by atoms with E-state index in [1.54, 1.807) is 0 Å². The minimum absolute atomic E-state index is 0.00954. The summed E-state index contributed by atoms with van der Waals surface area (Å²) in [6.45, 7) is 15.3. The molecule has 0 spiro atoms. The number of hydrogen-bond acceptors (Lipinski definition) is 1. The number of fused-ring (bicyclic) bond motifs is 2. The summed E-state index contributed by atoms with van der Waals surface area (Å²) in [6, 6.07) is 17.9. The molecular weight excluding hydrogens is 520 g/mol. The average Bonchev–Trinajstić information content (AvgIpc) is 3.34. The van der Waals surface area contributed by atoms with Crippen molar-refractivity contribution in [1.29, 1.82) is 0 Å². The van der Waals surface area contributed by atoms with E-state index in [0.717, 1.165) is 25.3 Å². The van der Waals surface area contributed by atoms with Gasteiger partial charge in [0.15, 0.2) is 5.71 Å². The van der Waals surface area contributed by atoms with Crippen LogP contribution in [0.1, 0.15) is 110 Å². The van der Waals surface area contributed by atoms with E-state index in [-0.39, 0.29) is 10.8 Å². The molecule has 43 heavy (non-hydrogen) atoms. The number of nitrogens with zero attached hydrogens (tertiary/aromatic N) is 2. The van der Waals surface area contributed by atoms with E-state index in [2.05, 4.69) is 137 Å². The van der Waals surface area contributed by atoms with Crippen molar-refractivity contribution in [1.82, 2.24) is 0 Å². The standard InChI is InChI=1S/C41H55N2/c1-8-31(2)18-11-9-10-16-29-43-37-24-15-13-22-35(37)41(5,6)39(43)28-26-33-20-17-19-32(30-33)25-27-38-40(3,4)34-21-12-14-23-36(34)42(38)7/h12-15,21-28,30-31H,8-11,16-20,29H2,1-7H3/q+1. The average molecular weight is 576 g/mol. The van der Waals surface area contributed by atoms with Gasteiger partial charge in [0.2, 0.25) is 5.69 Å². The summed E-state index contributed by atoms with van der Waals surface area (Å²) in [7, 11) is 2.21. The van der Waals surface area contributed by atoms with Gasteiger partial charge in [-0.1, -0.05) is 114 Å². The fraction of sp³-hybridized carbons (Fsp3) is 0.488. The summed E-state index contributed by atoms with van der Waals surface area (Å²) in [4.78, 5) is 2.63. The first-order chi connectivity index (χ1) is 20.6. The topological polar surface area (TPSA) is 6.25 Å². The SMILES string of the molecule is CCC(C)CCCCCCN1/C(=C/C=C2C=C(/C=C/C3=[N+](C)c4ccccc4C3(C)C)CCC/2)C(C)(C)c2ccccc21. The van der Waals surface area contributed by atoms with E-state index in [0.29, 0.717) is 0 Å². The lowest BCUT2D eigenvalue weighted by Crippen LogP contribution is -2.27. The van der Waals surface area contributed by atoms with Crippen molar-refractivity contribution in [3.63, 3.8) is 0 Å². The zero-order valence-electron chi connectivity index (χ0n) is 28.0. The molecule has 0 radical (unpaired) electrons. The van der Waals surface area contributed by atoms with Crippen LogP contribution < -0.4 is 4.90 Å². The highest BCUT2D eigenvalue weighted by atomic mass is 15.2. The molecule has 5 rings (SSSR count). The maximum Gasteiger partial charge on any atom is 0.209 e. The van der Waals surface area contributed by atoms with Crippen molar-refractivity contribution < 1.29 is 4.58 Å². The van der Waals surface area contributed by atoms with Crippen molar-refractivity contribution in [3.8, 4) is 0 Å². The molecule has 2 aromatic carbocycles. The third-order valence-corrected chi connectivity index (χ3v) is 10.5. The van der Waals surface area contributed by atoms with E-state index in [9.17, 15) is 0 Å². The van der Waals surface area contributed by atoms with Gasteiger partial charge in [0, 0.05) is 41.1 Å². The van der Waals surface area contributed by atoms with Crippen LogP contribution in [0.3, 0.4) is 0 Å². The van der Waals surface area contributed by atoms with Crippen LogP contribution >= 0.6 is 0 Å². The molecule has 0 N–H and O–H groups in total. The summed E-state index contributed by atoms with van der Waals surface area (Å²) in [5.41, 5.74) is 11.3. The molecule has 0 saturated heterocycles. The lowest BCUT2D eigenvalue weighted by atomic mass is 9.81. The highest BCUT2D eigenvalue weighted by Crippen LogP contribution is 2.48. The number of para-hydroxylation sites is 2. The van der Waals surface area contributed by atoms with Crippen molar-refractivity contribution in [3.05, 3.63) is 107 Å². The van der Waals surface area contributed by atoms with E-state index in [1.165, 1.54) is 90.0 Å². The molecule has 2 nitrogen and oxygen atoms in total. The molecule has 0 aromatic heterocycles. The van der Waals surface area contributed by atoms with Crippen LogP contribution in [0.25, 0.3) is 0 Å². The predicted octanol–water partition coefficient (Wildman–Crippen LogP) is 11.0. The Kier molecular flexibility index (Phi) is 9.64. The summed E-state index contributed by atoms with van der Waals surface area (Å²) < 4.78 is 2.37. The monoisotopic (exact) mass is 575 g/mol. The largest absolute Gasteiger partial charge is 0.344 e. The molecule has 1 unspecified atom stereocenters. The highest BCUT2D eigenvalue weighted by molar-refractivity contribution is 6.03. The number of allylic oxidation sites excluding steroid dienone is 8. The quantitative estimate of drug-likeness (QED) is 0.191. The van der Waals surface area contributed by atoms with Crippen molar-refractivity contribution in [2.24, 2.45) is 5.92 Å². The second-order valence-electron chi connectivity index (χ2n) is 14.3. The van der Waals surface area contributed by atoms with E-state index in [1.807, 2.05) is 0 Å². The molecule has 2 aromatic rings. The Morgan fingerprint density at radius 2 is 1.56 bits per heavy atom. The van der Waals surface area contributed by atoms with Crippen LogP contribution in [-0.2, 0) is 10.8 Å². The second kappa shape index (κ2) is 13.2. The molecule has 0 amide bonds. The van der Waals surface area contributed by atoms with Crippen LogP contribution in [-0.4, -0.2) is 23.9 Å². The summed E-state index contributed by atoms with van der Waals surface area (Å²) in [6.07, 6.45) is 23.5. The van der Waals surface area contributed by atoms with Gasteiger partial charge in [-0.15, -0.1) is 0 Å². The molecule has 2 heterocycles. The number of benzene rings is 2. The molecule has 2 heteroatoms. The lowest BCUT2D eigenvalue weighted by Gasteiger charge is -2.27. The minimum atomic E-state index is 0.00954. The molecule has 0 bridgehead atoms. The molecule has 228 valence electrons. The third kappa shape index (κ3) is 6.54. The molecule has 2 aliphatic heterocycles. The van der Waals surface area contributed by atoms with Gasteiger partial charge in [-0.3, -0.25) is 0 Å². The first-order valence-electron chi connectivity index (χ1n) is 17.0. The van der Waals surface area contributed by atoms with Crippen molar-refractivity contribution in [2.75, 3.05) is 18.5 Å². The van der Waals surface area contributed by atoms with E-state index in [4.69, 9.17) is 0 Å². The Morgan fingerprint density at radius 3 is 2.33 bits per heavy atom. The van der Waals surface area contributed by atoms with E-state index >= 15 is 0 Å².